The maximum atomic E-state index is 13.0. The molecule has 1 aromatic rings. The Labute approximate surface area is 198 Å². The average Bonchev–Trinajstić information content (AvgIpc) is 3.27. The van der Waals surface area contributed by atoms with Crippen molar-refractivity contribution in [3.05, 3.63) is 18.2 Å². The molecule has 0 saturated heterocycles. The molecule has 4 amide bonds. The summed E-state index contributed by atoms with van der Waals surface area (Å²) >= 11 is 0. The van der Waals surface area contributed by atoms with Gasteiger partial charge in [0.2, 0.25) is 23.6 Å². The first-order valence-electron chi connectivity index (χ1n) is 10.4. The number of rotatable bonds is 15. The number of imidazole rings is 1. The van der Waals surface area contributed by atoms with Crippen LogP contribution < -0.4 is 27.4 Å². The molecule has 35 heavy (non-hydrogen) atoms. The van der Waals surface area contributed by atoms with E-state index in [9.17, 15) is 39.0 Å². The summed E-state index contributed by atoms with van der Waals surface area (Å²) in [4.78, 5) is 77.9. The second-order valence-electron chi connectivity index (χ2n) is 7.67. The lowest BCUT2D eigenvalue weighted by molar-refractivity contribution is -0.144. The fraction of sp³-hybridized carbons (Fsp3) is 0.526. The third-order valence-corrected chi connectivity index (χ3v) is 4.73. The molecule has 5 atom stereocenters. The summed E-state index contributed by atoms with van der Waals surface area (Å²) in [6.45, 7) is 1.27. The van der Waals surface area contributed by atoms with Crippen molar-refractivity contribution < 1.29 is 44.1 Å². The summed E-state index contributed by atoms with van der Waals surface area (Å²) in [6.07, 6.45) is -0.436. The van der Waals surface area contributed by atoms with Crippen molar-refractivity contribution in [2.75, 3.05) is 0 Å². The molecule has 5 unspecified atom stereocenters. The molecule has 0 aliphatic rings. The number of carboxylic acid groups (broad SMARTS) is 2. The van der Waals surface area contributed by atoms with E-state index >= 15 is 0 Å². The Bertz CT molecular complexity index is 920. The van der Waals surface area contributed by atoms with Crippen LogP contribution in [0.3, 0.4) is 0 Å². The number of hydrogen-bond donors (Lipinski definition) is 9. The van der Waals surface area contributed by atoms with Crippen molar-refractivity contribution in [2.45, 2.75) is 62.9 Å². The first-order chi connectivity index (χ1) is 16.3. The summed E-state index contributed by atoms with van der Waals surface area (Å²) in [5, 5.41) is 34.4. The number of hydrogen-bond acceptors (Lipinski definition) is 9. The molecule has 0 saturated carbocycles. The quantitative estimate of drug-likeness (QED) is 0.112. The number of carbonyl (C=O) groups excluding carboxylic acids is 4. The number of H-pyrrole nitrogens is 1. The van der Waals surface area contributed by atoms with Crippen LogP contribution in [0.4, 0.5) is 0 Å². The van der Waals surface area contributed by atoms with Crippen LogP contribution in [-0.2, 0) is 35.2 Å². The highest BCUT2D eigenvalue weighted by atomic mass is 16.4. The molecule has 16 nitrogen and oxygen atoms in total. The first-order valence-corrected chi connectivity index (χ1v) is 10.4. The van der Waals surface area contributed by atoms with Gasteiger partial charge in [0.15, 0.2) is 0 Å². The topological polar surface area (TPSA) is 280 Å². The van der Waals surface area contributed by atoms with Gasteiger partial charge in [-0.1, -0.05) is 0 Å². The van der Waals surface area contributed by atoms with Crippen LogP contribution in [0.25, 0.3) is 0 Å². The number of nitrogens with two attached hydrogens (primary N) is 2. The van der Waals surface area contributed by atoms with E-state index in [-0.39, 0.29) is 6.42 Å². The molecule has 11 N–H and O–H groups in total. The molecule has 1 aromatic heterocycles. The van der Waals surface area contributed by atoms with Crippen molar-refractivity contribution in [3.63, 3.8) is 0 Å². The zero-order chi connectivity index (χ0) is 26.7. The van der Waals surface area contributed by atoms with E-state index in [4.69, 9.17) is 16.6 Å². The number of nitrogens with one attached hydrogen (secondary N) is 4. The first kappa shape index (κ1) is 29.0. The minimum Gasteiger partial charge on any atom is -0.481 e. The van der Waals surface area contributed by atoms with Crippen molar-refractivity contribution in [2.24, 2.45) is 11.5 Å². The largest absolute Gasteiger partial charge is 0.481 e. The van der Waals surface area contributed by atoms with E-state index in [1.165, 1.54) is 19.4 Å². The van der Waals surface area contributed by atoms with Crippen LogP contribution in [0.2, 0.25) is 0 Å². The van der Waals surface area contributed by atoms with Gasteiger partial charge in [-0.05, 0) is 13.3 Å². The van der Waals surface area contributed by atoms with Crippen LogP contribution >= 0.6 is 0 Å². The molecule has 194 valence electrons. The van der Waals surface area contributed by atoms with Gasteiger partial charge in [0.05, 0.1) is 18.9 Å². The molecule has 1 rings (SSSR count). The van der Waals surface area contributed by atoms with Gasteiger partial charge in [0.25, 0.3) is 0 Å². The molecule has 0 aromatic carbocycles. The van der Waals surface area contributed by atoms with Gasteiger partial charge in [-0.15, -0.1) is 0 Å². The SMILES string of the molecule is CC(O)C(N)C(=O)NC(Cc1cnc[nH]1)C(=O)NC(CCC(=O)O)C(=O)NC(CC(N)=O)C(=O)O. The van der Waals surface area contributed by atoms with Gasteiger partial charge in [-0.3, -0.25) is 24.0 Å². The predicted molar refractivity (Wildman–Crippen MR) is 116 cm³/mol. The normalized spacial score (nSPS) is 15.1. The van der Waals surface area contributed by atoms with Crippen LogP contribution in [0.15, 0.2) is 12.5 Å². The Morgan fingerprint density at radius 2 is 1.57 bits per heavy atom. The van der Waals surface area contributed by atoms with E-state index in [1.54, 1.807) is 0 Å². The van der Waals surface area contributed by atoms with Gasteiger partial charge >= 0.3 is 11.9 Å². The highest BCUT2D eigenvalue weighted by Gasteiger charge is 2.32. The number of amides is 4. The Balaban J connectivity index is 3.09. The Kier molecular flexibility index (Phi) is 11.3. The summed E-state index contributed by atoms with van der Waals surface area (Å²) in [6, 6.07) is -5.97. The molecule has 0 aliphatic heterocycles. The second kappa shape index (κ2) is 13.6. The van der Waals surface area contributed by atoms with E-state index in [1.807, 2.05) is 5.32 Å². The lowest BCUT2D eigenvalue weighted by Crippen LogP contribution is -2.58. The van der Waals surface area contributed by atoms with Crippen LogP contribution in [0.5, 0.6) is 0 Å². The third kappa shape index (κ3) is 10.2. The number of primary amides is 1. The number of nitrogens with zero attached hydrogens (tertiary/aromatic N) is 1. The maximum absolute atomic E-state index is 13.0. The molecule has 0 radical (unpaired) electrons. The van der Waals surface area contributed by atoms with E-state index in [2.05, 4.69) is 20.6 Å². The summed E-state index contributed by atoms with van der Waals surface area (Å²) in [5.41, 5.74) is 11.0. The lowest BCUT2D eigenvalue weighted by atomic mass is 10.1. The Morgan fingerprint density at radius 1 is 1.00 bits per heavy atom. The fourth-order valence-electron chi connectivity index (χ4n) is 2.80. The average molecular weight is 499 g/mol. The molecule has 1 heterocycles. The van der Waals surface area contributed by atoms with E-state index in [0.717, 1.165) is 0 Å². The monoisotopic (exact) mass is 499 g/mol. The number of aliphatic carboxylic acids is 2. The molecule has 0 spiro atoms. The van der Waals surface area contributed by atoms with Gasteiger partial charge in [0.1, 0.15) is 24.2 Å². The standard InChI is InChI=1S/C19H29N7O9/c1-8(27)15(21)18(33)25-11(4-9-6-22-7-23-9)17(32)24-10(2-3-14(29)30)16(31)26-12(19(34)35)5-13(20)28/h6-8,10-12,15,27H,2-5,21H2,1H3,(H2,20,28)(H,22,23)(H,24,32)(H,25,33)(H,26,31)(H,29,30)(H,34,35). The number of aromatic nitrogens is 2. The summed E-state index contributed by atoms with van der Waals surface area (Å²) in [5.74, 6) is -6.77. The zero-order valence-electron chi connectivity index (χ0n) is 18.8. The summed E-state index contributed by atoms with van der Waals surface area (Å²) < 4.78 is 0. The van der Waals surface area contributed by atoms with Crippen molar-refractivity contribution in [1.29, 1.82) is 0 Å². The molecular formula is C19H29N7O9. The third-order valence-electron chi connectivity index (χ3n) is 4.73. The van der Waals surface area contributed by atoms with Crippen molar-refractivity contribution in [1.82, 2.24) is 25.9 Å². The van der Waals surface area contributed by atoms with E-state index < -0.39 is 85.1 Å². The fourth-order valence-corrected chi connectivity index (χ4v) is 2.80. The van der Waals surface area contributed by atoms with Crippen molar-refractivity contribution >= 4 is 35.6 Å². The molecule has 16 heteroatoms. The van der Waals surface area contributed by atoms with Crippen LogP contribution in [0.1, 0.15) is 31.9 Å². The molecule has 0 aliphatic carbocycles. The van der Waals surface area contributed by atoms with Crippen molar-refractivity contribution in [3.8, 4) is 0 Å². The number of aromatic amines is 1. The smallest absolute Gasteiger partial charge is 0.326 e. The van der Waals surface area contributed by atoms with Crippen LogP contribution in [-0.4, -0.2) is 91.1 Å². The summed E-state index contributed by atoms with van der Waals surface area (Å²) in [7, 11) is 0. The van der Waals surface area contributed by atoms with Gasteiger partial charge in [0, 0.05) is 24.7 Å². The minimum absolute atomic E-state index is 0.142. The predicted octanol–water partition coefficient (Wildman–Crippen LogP) is -4.06. The molecule has 0 bridgehead atoms. The Morgan fingerprint density at radius 3 is 2.06 bits per heavy atom. The van der Waals surface area contributed by atoms with Crippen LogP contribution in [0, 0.1) is 0 Å². The number of carbonyl (C=O) groups is 6. The van der Waals surface area contributed by atoms with Gasteiger partial charge < -0.3 is 47.7 Å². The maximum Gasteiger partial charge on any atom is 0.326 e. The molecular weight excluding hydrogens is 470 g/mol. The van der Waals surface area contributed by atoms with E-state index in [0.29, 0.717) is 5.69 Å². The van der Waals surface area contributed by atoms with Gasteiger partial charge in [-0.2, -0.15) is 0 Å². The number of aliphatic hydroxyl groups is 1. The molecule has 0 fully saturated rings. The second-order valence-corrected chi connectivity index (χ2v) is 7.67. The lowest BCUT2D eigenvalue weighted by Gasteiger charge is -2.25. The Hall–Kier alpha value is -4.05. The number of aliphatic hydroxyl groups excluding tert-OH is 1. The minimum atomic E-state index is -1.71. The number of carboxylic acids is 2. The highest BCUT2D eigenvalue weighted by molar-refractivity contribution is 5.95. The zero-order valence-corrected chi connectivity index (χ0v) is 18.8. The van der Waals surface area contributed by atoms with Gasteiger partial charge in [-0.25, -0.2) is 9.78 Å². The highest BCUT2D eigenvalue weighted by Crippen LogP contribution is 2.05.